The standard InChI is InChI=1S/C66H125NO5/c1-3-5-7-9-11-13-15-17-18-19-20-25-28-31-35-38-42-46-50-54-58-64(69)63(62-68)67-65(70)59-55-51-47-43-39-36-32-29-26-23-21-22-24-27-30-33-37-41-45-49-53-57-61-72-66(71)60-56-52-48-44-40-34-16-14-12-10-8-6-4-2/h8,10,14,16,54,58,63-64,68-69H,3-7,9,11-13,15,17-53,55-57,59-62H2,1-2H3,(H,67,70)/b10-8-,16-14-,58-54+. The molecule has 0 rings (SSSR count). The summed E-state index contributed by atoms with van der Waals surface area (Å²) in [6.45, 7) is 4.86. The molecule has 424 valence electrons. The molecule has 0 aliphatic heterocycles. The Balaban J connectivity index is 3.42. The molecule has 0 fully saturated rings. The van der Waals surface area contributed by atoms with Gasteiger partial charge in [-0.25, -0.2) is 0 Å². The van der Waals surface area contributed by atoms with Crippen molar-refractivity contribution in [3.8, 4) is 0 Å². The molecule has 72 heavy (non-hydrogen) atoms. The summed E-state index contributed by atoms with van der Waals surface area (Å²) < 4.78 is 5.47. The summed E-state index contributed by atoms with van der Waals surface area (Å²) >= 11 is 0. The molecule has 0 aromatic heterocycles. The fourth-order valence-corrected chi connectivity index (χ4v) is 9.97. The van der Waals surface area contributed by atoms with Crippen LogP contribution in [-0.2, 0) is 14.3 Å². The minimum Gasteiger partial charge on any atom is -0.466 e. The first kappa shape index (κ1) is 70.1. The van der Waals surface area contributed by atoms with Gasteiger partial charge in [0.25, 0.3) is 0 Å². The Hall–Kier alpha value is -1.92. The van der Waals surface area contributed by atoms with Crippen LogP contribution in [0.15, 0.2) is 36.5 Å². The molecule has 0 aromatic carbocycles. The van der Waals surface area contributed by atoms with Crippen LogP contribution in [0.3, 0.4) is 0 Å². The number of unbranched alkanes of at least 4 members (excludes halogenated alkanes) is 45. The maximum atomic E-state index is 12.5. The summed E-state index contributed by atoms with van der Waals surface area (Å²) in [5.41, 5.74) is 0. The van der Waals surface area contributed by atoms with Crippen LogP contribution >= 0.6 is 0 Å². The van der Waals surface area contributed by atoms with Gasteiger partial charge in [0.1, 0.15) is 0 Å². The average molecular weight is 1010 g/mol. The van der Waals surface area contributed by atoms with Crippen molar-refractivity contribution < 1.29 is 24.5 Å². The zero-order valence-electron chi connectivity index (χ0n) is 48.4. The fraction of sp³-hybridized carbons (Fsp3) is 0.879. The van der Waals surface area contributed by atoms with Gasteiger partial charge in [-0.2, -0.15) is 0 Å². The number of aliphatic hydroxyl groups excluding tert-OH is 2. The monoisotopic (exact) mass is 1010 g/mol. The highest BCUT2D eigenvalue weighted by Gasteiger charge is 2.18. The van der Waals surface area contributed by atoms with E-state index in [2.05, 4.69) is 43.5 Å². The van der Waals surface area contributed by atoms with E-state index in [1.807, 2.05) is 6.08 Å². The molecule has 2 unspecified atom stereocenters. The predicted octanol–water partition coefficient (Wildman–Crippen LogP) is 20.4. The van der Waals surface area contributed by atoms with E-state index in [9.17, 15) is 19.8 Å². The van der Waals surface area contributed by atoms with E-state index in [0.29, 0.717) is 19.4 Å². The number of amides is 1. The van der Waals surface area contributed by atoms with E-state index in [1.54, 1.807) is 6.08 Å². The van der Waals surface area contributed by atoms with E-state index in [1.165, 1.54) is 270 Å². The Morgan fingerprint density at radius 2 is 0.722 bits per heavy atom. The van der Waals surface area contributed by atoms with Crippen LogP contribution in [0.1, 0.15) is 348 Å². The van der Waals surface area contributed by atoms with Gasteiger partial charge in [-0.1, -0.05) is 314 Å². The van der Waals surface area contributed by atoms with Crippen molar-refractivity contribution in [2.45, 2.75) is 360 Å². The smallest absolute Gasteiger partial charge is 0.305 e. The third kappa shape index (κ3) is 57.4. The molecule has 0 radical (unpaired) electrons. The van der Waals surface area contributed by atoms with Crippen molar-refractivity contribution >= 4 is 11.9 Å². The molecule has 6 nitrogen and oxygen atoms in total. The molecule has 0 aromatic rings. The van der Waals surface area contributed by atoms with Crippen molar-refractivity contribution in [2.75, 3.05) is 13.2 Å². The first-order valence-corrected chi connectivity index (χ1v) is 32.3. The Bertz CT molecular complexity index is 1170. The van der Waals surface area contributed by atoms with Gasteiger partial charge in [0.05, 0.1) is 25.4 Å². The zero-order chi connectivity index (χ0) is 52.2. The number of carbonyl (C=O) groups excluding carboxylic acids is 2. The van der Waals surface area contributed by atoms with Gasteiger partial charge in [0.2, 0.25) is 5.91 Å². The number of rotatable bonds is 60. The average Bonchev–Trinajstić information content (AvgIpc) is 3.38. The molecule has 3 N–H and O–H groups in total. The Morgan fingerprint density at radius 1 is 0.389 bits per heavy atom. The molecular weight excluding hydrogens is 887 g/mol. The fourth-order valence-electron chi connectivity index (χ4n) is 9.97. The van der Waals surface area contributed by atoms with E-state index in [0.717, 1.165) is 51.4 Å². The number of nitrogens with one attached hydrogen (secondary N) is 1. The summed E-state index contributed by atoms with van der Waals surface area (Å²) in [6.07, 6.45) is 77.6. The Labute approximate surface area is 449 Å². The van der Waals surface area contributed by atoms with Crippen LogP contribution in [0.4, 0.5) is 0 Å². The number of carbonyl (C=O) groups is 2. The molecule has 0 saturated carbocycles. The lowest BCUT2D eigenvalue weighted by Gasteiger charge is -2.20. The van der Waals surface area contributed by atoms with E-state index in [-0.39, 0.29) is 18.5 Å². The molecule has 2 atom stereocenters. The van der Waals surface area contributed by atoms with Crippen molar-refractivity contribution in [3.63, 3.8) is 0 Å². The molecule has 0 bridgehead atoms. The van der Waals surface area contributed by atoms with Crippen LogP contribution < -0.4 is 5.32 Å². The number of ether oxygens (including phenoxy) is 1. The first-order valence-electron chi connectivity index (χ1n) is 32.3. The molecule has 0 aliphatic carbocycles. The lowest BCUT2D eigenvalue weighted by Crippen LogP contribution is -2.45. The minimum atomic E-state index is -0.846. The molecule has 0 spiro atoms. The molecular formula is C66H125NO5. The van der Waals surface area contributed by atoms with Gasteiger partial charge in [0, 0.05) is 12.8 Å². The number of aliphatic hydroxyl groups is 2. The second-order valence-electron chi connectivity index (χ2n) is 22.1. The van der Waals surface area contributed by atoms with Crippen molar-refractivity contribution in [3.05, 3.63) is 36.5 Å². The largest absolute Gasteiger partial charge is 0.466 e. The number of hydrogen-bond donors (Lipinski definition) is 3. The van der Waals surface area contributed by atoms with Crippen molar-refractivity contribution in [1.82, 2.24) is 5.32 Å². The van der Waals surface area contributed by atoms with Crippen molar-refractivity contribution in [1.29, 1.82) is 0 Å². The minimum absolute atomic E-state index is 0.00247. The number of esters is 1. The van der Waals surface area contributed by atoms with Gasteiger partial charge in [-0.05, 0) is 57.8 Å². The van der Waals surface area contributed by atoms with Gasteiger partial charge >= 0.3 is 5.97 Å². The highest BCUT2D eigenvalue weighted by atomic mass is 16.5. The zero-order valence-corrected chi connectivity index (χ0v) is 48.4. The maximum absolute atomic E-state index is 12.5. The maximum Gasteiger partial charge on any atom is 0.305 e. The van der Waals surface area contributed by atoms with Crippen LogP contribution in [0.5, 0.6) is 0 Å². The van der Waals surface area contributed by atoms with Gasteiger partial charge in [-0.15, -0.1) is 0 Å². The normalized spacial score (nSPS) is 12.8. The predicted molar refractivity (Wildman–Crippen MR) is 315 cm³/mol. The molecule has 0 saturated heterocycles. The molecule has 1 amide bonds. The van der Waals surface area contributed by atoms with Crippen LogP contribution in [-0.4, -0.2) is 47.4 Å². The van der Waals surface area contributed by atoms with Crippen LogP contribution in [0.25, 0.3) is 0 Å². The van der Waals surface area contributed by atoms with Gasteiger partial charge < -0.3 is 20.3 Å². The Kier molecular flexibility index (Phi) is 60.0. The lowest BCUT2D eigenvalue weighted by molar-refractivity contribution is -0.143. The highest BCUT2D eigenvalue weighted by Crippen LogP contribution is 2.18. The Morgan fingerprint density at radius 3 is 1.11 bits per heavy atom. The van der Waals surface area contributed by atoms with Gasteiger partial charge in [-0.3, -0.25) is 9.59 Å². The number of hydrogen-bond acceptors (Lipinski definition) is 5. The SMILES string of the molecule is CCC/C=C\C/C=C\CCCCCCCC(=O)OCCCCCCCCCCCCCCCCCCCCCCCCC(=O)NC(CO)C(O)/C=C/CCCCCCCCCCCCCCCCCCCC. The first-order chi connectivity index (χ1) is 35.5. The lowest BCUT2D eigenvalue weighted by atomic mass is 10.0. The summed E-state index contributed by atoms with van der Waals surface area (Å²) in [5.74, 6) is -0.0681. The summed E-state index contributed by atoms with van der Waals surface area (Å²) in [5, 5.41) is 23.2. The van der Waals surface area contributed by atoms with Gasteiger partial charge in [0.15, 0.2) is 0 Å². The summed E-state index contributed by atoms with van der Waals surface area (Å²) in [7, 11) is 0. The topological polar surface area (TPSA) is 95.9 Å². The third-order valence-electron chi connectivity index (χ3n) is 14.9. The number of allylic oxidation sites excluding steroid dienone is 5. The van der Waals surface area contributed by atoms with E-state index >= 15 is 0 Å². The summed E-state index contributed by atoms with van der Waals surface area (Å²) in [6, 6.07) is -0.629. The summed E-state index contributed by atoms with van der Waals surface area (Å²) in [4.78, 5) is 24.5. The van der Waals surface area contributed by atoms with E-state index < -0.39 is 12.1 Å². The highest BCUT2D eigenvalue weighted by molar-refractivity contribution is 5.76. The quantitative estimate of drug-likeness (QED) is 0.0320. The van der Waals surface area contributed by atoms with Crippen LogP contribution in [0.2, 0.25) is 0 Å². The second kappa shape index (κ2) is 61.6. The molecule has 0 heterocycles. The van der Waals surface area contributed by atoms with Crippen molar-refractivity contribution in [2.24, 2.45) is 0 Å². The molecule has 0 aliphatic rings. The van der Waals surface area contributed by atoms with E-state index in [4.69, 9.17) is 4.74 Å². The van der Waals surface area contributed by atoms with Crippen LogP contribution in [0, 0.1) is 0 Å². The third-order valence-corrected chi connectivity index (χ3v) is 14.9. The molecule has 6 heteroatoms. The second-order valence-corrected chi connectivity index (χ2v) is 22.1.